The van der Waals surface area contributed by atoms with Crippen molar-refractivity contribution in [2.45, 2.75) is 6.92 Å². The summed E-state index contributed by atoms with van der Waals surface area (Å²) in [4.78, 5) is 29.3. The number of primary amides is 1. The molecule has 0 fully saturated rings. The van der Waals surface area contributed by atoms with Crippen LogP contribution in [0, 0.1) is 12.7 Å². The van der Waals surface area contributed by atoms with E-state index >= 15 is 0 Å². The summed E-state index contributed by atoms with van der Waals surface area (Å²) in [5.41, 5.74) is 8.83. The number of thiazole rings is 1. The van der Waals surface area contributed by atoms with Crippen molar-refractivity contribution in [2.75, 3.05) is 5.32 Å². The third-order valence-electron chi connectivity index (χ3n) is 5.02. The van der Waals surface area contributed by atoms with Gasteiger partial charge in [0, 0.05) is 52.7 Å². The van der Waals surface area contributed by atoms with Crippen molar-refractivity contribution in [3.8, 4) is 27.6 Å². The summed E-state index contributed by atoms with van der Waals surface area (Å²) >= 11 is 7.38. The molecule has 9 nitrogen and oxygen atoms in total. The Hall–Kier alpha value is -4.22. The standard InChI is InChI=1S/C23H16ClFN8OS/c1-12-6-19(22-28-4-5-35-22)32-33(12)21-16(13-7-14(20(26)34)10-27-9-13)11-29-23(31-21)30-15-2-3-18(25)17(24)8-15/h2-11H,1H3,(H2,26,34)(H,29,30,31). The molecular formula is C23H16ClFN8OS. The Morgan fingerprint density at radius 1 is 1.17 bits per heavy atom. The normalized spacial score (nSPS) is 10.9. The molecule has 174 valence electrons. The van der Waals surface area contributed by atoms with Crippen LogP contribution in [0.5, 0.6) is 0 Å². The van der Waals surface area contributed by atoms with Crippen molar-refractivity contribution in [3.05, 3.63) is 82.6 Å². The molecule has 3 N–H and O–H groups in total. The predicted octanol–water partition coefficient (Wildman–Crippen LogP) is 4.79. The number of amides is 1. The number of nitrogens with one attached hydrogen (secondary N) is 1. The fraction of sp³-hybridized carbons (Fsp3) is 0.0435. The zero-order valence-corrected chi connectivity index (χ0v) is 19.7. The first-order valence-electron chi connectivity index (χ1n) is 10.2. The molecule has 5 rings (SSSR count). The van der Waals surface area contributed by atoms with Gasteiger partial charge in [-0.25, -0.2) is 19.0 Å². The number of rotatable bonds is 6. The maximum atomic E-state index is 13.6. The third-order valence-corrected chi connectivity index (χ3v) is 6.10. The number of halogens is 2. The average molecular weight is 507 g/mol. The fourth-order valence-electron chi connectivity index (χ4n) is 3.37. The van der Waals surface area contributed by atoms with Crippen molar-refractivity contribution in [3.63, 3.8) is 0 Å². The van der Waals surface area contributed by atoms with Crippen LogP contribution in [0.4, 0.5) is 16.0 Å². The zero-order chi connectivity index (χ0) is 24.5. The Bertz CT molecular complexity index is 1550. The molecule has 0 aliphatic heterocycles. The van der Waals surface area contributed by atoms with Gasteiger partial charge in [-0.05, 0) is 37.3 Å². The Balaban J connectivity index is 1.64. The van der Waals surface area contributed by atoms with Crippen molar-refractivity contribution in [1.29, 1.82) is 0 Å². The van der Waals surface area contributed by atoms with E-state index < -0.39 is 11.7 Å². The van der Waals surface area contributed by atoms with Gasteiger partial charge in [0.1, 0.15) is 16.5 Å². The van der Waals surface area contributed by atoms with Gasteiger partial charge in [0.2, 0.25) is 11.9 Å². The van der Waals surface area contributed by atoms with Gasteiger partial charge < -0.3 is 11.1 Å². The number of hydrogen-bond acceptors (Lipinski definition) is 8. The molecule has 0 saturated carbocycles. The molecule has 0 saturated heterocycles. The van der Waals surface area contributed by atoms with Gasteiger partial charge in [0.05, 0.1) is 10.6 Å². The van der Waals surface area contributed by atoms with E-state index in [1.807, 2.05) is 18.4 Å². The van der Waals surface area contributed by atoms with E-state index in [0.717, 1.165) is 10.7 Å². The first kappa shape index (κ1) is 22.6. The highest BCUT2D eigenvalue weighted by Crippen LogP contribution is 2.30. The highest BCUT2D eigenvalue weighted by Gasteiger charge is 2.18. The lowest BCUT2D eigenvalue weighted by molar-refractivity contribution is 0.1000. The molecule has 0 unspecified atom stereocenters. The lowest BCUT2D eigenvalue weighted by Gasteiger charge is -2.13. The molecule has 0 aliphatic rings. The van der Waals surface area contributed by atoms with Crippen LogP contribution < -0.4 is 11.1 Å². The number of carbonyl (C=O) groups is 1. The van der Waals surface area contributed by atoms with E-state index in [0.29, 0.717) is 28.3 Å². The minimum Gasteiger partial charge on any atom is -0.366 e. The monoisotopic (exact) mass is 506 g/mol. The van der Waals surface area contributed by atoms with Crippen molar-refractivity contribution in [2.24, 2.45) is 5.73 Å². The SMILES string of the molecule is Cc1cc(-c2nccs2)nn1-c1nc(Nc2ccc(F)c(Cl)c2)ncc1-c1cncc(C(N)=O)c1. The summed E-state index contributed by atoms with van der Waals surface area (Å²) in [5.74, 6) is -0.469. The van der Waals surface area contributed by atoms with Gasteiger partial charge in [0.25, 0.3) is 0 Å². The van der Waals surface area contributed by atoms with Crippen molar-refractivity contribution < 1.29 is 9.18 Å². The number of hydrogen-bond donors (Lipinski definition) is 2. The van der Waals surface area contributed by atoms with E-state index in [1.165, 1.54) is 35.7 Å². The molecule has 4 aromatic heterocycles. The highest BCUT2D eigenvalue weighted by atomic mass is 35.5. The molecule has 5 aromatic rings. The lowest BCUT2D eigenvalue weighted by Crippen LogP contribution is -2.12. The number of aryl methyl sites for hydroxylation is 1. The van der Waals surface area contributed by atoms with Crippen LogP contribution in [0.3, 0.4) is 0 Å². The van der Waals surface area contributed by atoms with Crippen LogP contribution in [0.2, 0.25) is 5.02 Å². The second-order valence-corrected chi connectivity index (χ2v) is 8.73. The molecule has 0 aliphatic carbocycles. The largest absolute Gasteiger partial charge is 0.366 e. The summed E-state index contributed by atoms with van der Waals surface area (Å²) in [7, 11) is 0. The topological polar surface area (TPSA) is 124 Å². The number of nitrogens with two attached hydrogens (primary N) is 1. The first-order valence-corrected chi connectivity index (χ1v) is 11.5. The summed E-state index contributed by atoms with van der Waals surface area (Å²) in [6, 6.07) is 7.73. The van der Waals surface area contributed by atoms with Gasteiger partial charge in [-0.3, -0.25) is 9.78 Å². The summed E-state index contributed by atoms with van der Waals surface area (Å²) in [6.45, 7) is 1.89. The maximum absolute atomic E-state index is 13.6. The van der Waals surface area contributed by atoms with Crippen LogP contribution in [0.25, 0.3) is 27.6 Å². The molecule has 35 heavy (non-hydrogen) atoms. The van der Waals surface area contributed by atoms with Crippen molar-refractivity contribution in [1.82, 2.24) is 29.7 Å². The van der Waals surface area contributed by atoms with E-state index in [2.05, 4.69) is 25.3 Å². The highest BCUT2D eigenvalue weighted by molar-refractivity contribution is 7.13. The van der Waals surface area contributed by atoms with Crippen LogP contribution >= 0.6 is 22.9 Å². The summed E-state index contributed by atoms with van der Waals surface area (Å²) in [6.07, 6.45) is 6.27. The van der Waals surface area contributed by atoms with Crippen LogP contribution in [0.1, 0.15) is 16.1 Å². The quantitative estimate of drug-likeness (QED) is 0.339. The van der Waals surface area contributed by atoms with Crippen LogP contribution in [-0.4, -0.2) is 35.6 Å². The van der Waals surface area contributed by atoms with Gasteiger partial charge >= 0.3 is 0 Å². The molecule has 0 atom stereocenters. The van der Waals surface area contributed by atoms with E-state index in [1.54, 1.807) is 29.3 Å². The van der Waals surface area contributed by atoms with Crippen LogP contribution in [-0.2, 0) is 0 Å². The number of aromatic nitrogens is 6. The minimum atomic E-state index is -0.602. The molecule has 1 amide bonds. The summed E-state index contributed by atoms with van der Waals surface area (Å²) in [5, 5.41) is 10.3. The zero-order valence-electron chi connectivity index (χ0n) is 18.1. The average Bonchev–Trinajstić information content (AvgIpc) is 3.51. The van der Waals surface area contributed by atoms with Crippen molar-refractivity contribution >= 4 is 40.5 Å². The minimum absolute atomic E-state index is 0.0304. The van der Waals surface area contributed by atoms with E-state index in [9.17, 15) is 9.18 Å². The number of anilines is 2. The lowest BCUT2D eigenvalue weighted by atomic mass is 10.1. The second kappa shape index (κ2) is 9.20. The Labute approximate surface area is 207 Å². The third kappa shape index (κ3) is 4.59. The number of benzene rings is 1. The molecule has 1 aromatic carbocycles. The van der Waals surface area contributed by atoms with Gasteiger partial charge in [-0.15, -0.1) is 11.3 Å². The Morgan fingerprint density at radius 3 is 2.77 bits per heavy atom. The predicted molar refractivity (Wildman–Crippen MR) is 131 cm³/mol. The van der Waals surface area contributed by atoms with E-state index in [4.69, 9.17) is 22.4 Å². The molecule has 0 spiro atoms. The molecular weight excluding hydrogens is 491 g/mol. The molecule has 12 heteroatoms. The molecule has 0 radical (unpaired) electrons. The summed E-state index contributed by atoms with van der Waals surface area (Å²) < 4.78 is 15.2. The molecule has 4 heterocycles. The van der Waals surface area contributed by atoms with Crippen LogP contribution in [0.15, 0.2) is 60.5 Å². The van der Waals surface area contributed by atoms with Gasteiger partial charge in [-0.2, -0.15) is 10.1 Å². The number of carbonyl (C=O) groups excluding carboxylic acids is 1. The Kier molecular flexibility index (Phi) is 5.93. The Morgan fingerprint density at radius 2 is 2.03 bits per heavy atom. The maximum Gasteiger partial charge on any atom is 0.250 e. The van der Waals surface area contributed by atoms with E-state index in [-0.39, 0.29) is 16.5 Å². The first-order chi connectivity index (χ1) is 16.9. The van der Waals surface area contributed by atoms with Gasteiger partial charge in [0.15, 0.2) is 5.82 Å². The number of pyridine rings is 1. The van der Waals surface area contributed by atoms with Gasteiger partial charge in [-0.1, -0.05) is 11.6 Å². The number of nitrogens with zero attached hydrogens (tertiary/aromatic N) is 6. The molecule has 0 bridgehead atoms. The smallest absolute Gasteiger partial charge is 0.250 e. The second-order valence-electron chi connectivity index (χ2n) is 7.43. The fourth-order valence-corrected chi connectivity index (χ4v) is 4.14.